The normalized spacial score (nSPS) is 11.5. The summed E-state index contributed by atoms with van der Waals surface area (Å²) in [6.45, 7) is 0.649. The molecule has 0 aliphatic rings. The second-order valence-corrected chi connectivity index (χ2v) is 8.26. The van der Waals surface area contributed by atoms with Crippen LogP contribution >= 0.6 is 0 Å². The zero-order valence-electron chi connectivity index (χ0n) is 20.0. The number of rotatable bonds is 23. The number of nitrogens with zero attached hydrogens (tertiary/aromatic N) is 1. The molecular formula is C23H46NO8+. The molecule has 3 N–H and O–H groups in total. The minimum atomic E-state index is -0.663. The molecular weight excluding hydrogens is 418 g/mol. The summed E-state index contributed by atoms with van der Waals surface area (Å²) in [5.74, 6) is -0.883. The van der Waals surface area contributed by atoms with Crippen LogP contribution in [0.5, 0.6) is 0 Å². The van der Waals surface area contributed by atoms with Gasteiger partial charge < -0.3 is 29.5 Å². The zero-order valence-corrected chi connectivity index (χ0v) is 20.0. The summed E-state index contributed by atoms with van der Waals surface area (Å²) in [5.41, 5.74) is 0. The Morgan fingerprint density at radius 2 is 1.06 bits per heavy atom. The number of esters is 2. The van der Waals surface area contributed by atoms with E-state index in [4.69, 9.17) is 29.5 Å². The lowest BCUT2D eigenvalue weighted by Gasteiger charge is -2.30. The van der Waals surface area contributed by atoms with Gasteiger partial charge in [-0.3, -0.25) is 4.79 Å². The van der Waals surface area contributed by atoms with Gasteiger partial charge in [-0.25, -0.2) is 9.28 Å². The third kappa shape index (κ3) is 17.3. The fourth-order valence-electron chi connectivity index (χ4n) is 3.14. The maximum Gasteiger partial charge on any atom is 0.362 e. The maximum atomic E-state index is 11.7. The highest BCUT2D eigenvalue weighted by atomic mass is 16.6. The predicted molar refractivity (Wildman–Crippen MR) is 120 cm³/mol. The van der Waals surface area contributed by atoms with Gasteiger partial charge in [0.2, 0.25) is 0 Å². The average molecular weight is 465 g/mol. The van der Waals surface area contributed by atoms with E-state index in [2.05, 4.69) is 6.92 Å². The minimum absolute atomic E-state index is 0.00615. The van der Waals surface area contributed by atoms with Crippen molar-refractivity contribution in [2.24, 2.45) is 0 Å². The Morgan fingerprint density at radius 1 is 0.625 bits per heavy atom. The van der Waals surface area contributed by atoms with Gasteiger partial charge in [0.1, 0.15) is 13.2 Å². The van der Waals surface area contributed by atoms with Crippen molar-refractivity contribution in [2.45, 2.75) is 84.0 Å². The third-order valence-electron chi connectivity index (χ3n) is 5.33. The number of hydrogen-bond donors (Lipinski definition) is 3. The van der Waals surface area contributed by atoms with Gasteiger partial charge in [0.15, 0.2) is 26.7 Å². The van der Waals surface area contributed by atoms with E-state index in [9.17, 15) is 9.59 Å². The van der Waals surface area contributed by atoms with Crippen LogP contribution in [0, 0.1) is 0 Å². The first-order valence-electron chi connectivity index (χ1n) is 12.1. The molecule has 0 radical (unpaired) electrons. The summed E-state index contributed by atoms with van der Waals surface area (Å²) in [5, 5.41) is 27.5. The molecule has 0 spiro atoms. The molecule has 0 saturated carbocycles. The summed E-state index contributed by atoms with van der Waals surface area (Å²) >= 11 is 0. The van der Waals surface area contributed by atoms with Gasteiger partial charge in [0.25, 0.3) is 0 Å². The average Bonchev–Trinajstić information content (AvgIpc) is 2.80. The van der Waals surface area contributed by atoms with Crippen LogP contribution in [0.2, 0.25) is 0 Å². The highest BCUT2D eigenvalue weighted by Gasteiger charge is 2.29. The van der Waals surface area contributed by atoms with Crippen LogP contribution < -0.4 is 0 Å². The van der Waals surface area contributed by atoms with Crippen molar-refractivity contribution < 1.29 is 43.6 Å². The van der Waals surface area contributed by atoms with Gasteiger partial charge in [-0.05, 0) is 6.42 Å². The van der Waals surface area contributed by atoms with E-state index in [0.29, 0.717) is 6.42 Å². The van der Waals surface area contributed by atoms with Crippen LogP contribution in [-0.4, -0.2) is 84.9 Å². The van der Waals surface area contributed by atoms with E-state index in [-0.39, 0.29) is 38.9 Å². The molecule has 0 bridgehead atoms. The first-order valence-corrected chi connectivity index (χ1v) is 12.1. The molecule has 0 fully saturated rings. The molecule has 32 heavy (non-hydrogen) atoms. The number of carbonyl (C=O) groups excluding carboxylic acids is 2. The lowest BCUT2D eigenvalue weighted by Crippen LogP contribution is -2.53. The lowest BCUT2D eigenvalue weighted by molar-refractivity contribution is -0.970. The second kappa shape index (κ2) is 21.6. The molecule has 0 aromatic rings. The van der Waals surface area contributed by atoms with E-state index in [1.165, 1.54) is 57.8 Å². The van der Waals surface area contributed by atoms with Gasteiger partial charge in [0.05, 0.1) is 13.2 Å². The van der Waals surface area contributed by atoms with Gasteiger partial charge in [-0.1, -0.05) is 71.1 Å². The number of hydrogen-bond acceptors (Lipinski definition) is 8. The third-order valence-corrected chi connectivity index (χ3v) is 5.33. The van der Waals surface area contributed by atoms with Crippen LogP contribution in [0.4, 0.5) is 0 Å². The Morgan fingerprint density at radius 3 is 1.53 bits per heavy atom. The van der Waals surface area contributed by atoms with E-state index in [0.717, 1.165) is 12.8 Å². The summed E-state index contributed by atoms with van der Waals surface area (Å²) in [6, 6.07) is 0. The van der Waals surface area contributed by atoms with Crippen LogP contribution in [-0.2, 0) is 23.8 Å². The fourth-order valence-corrected chi connectivity index (χ4v) is 3.14. The van der Waals surface area contributed by atoms with E-state index >= 15 is 0 Å². The van der Waals surface area contributed by atoms with Crippen molar-refractivity contribution in [3.05, 3.63) is 0 Å². The van der Waals surface area contributed by atoms with Crippen molar-refractivity contribution in [1.82, 2.24) is 0 Å². The molecule has 0 amide bonds. The summed E-state index contributed by atoms with van der Waals surface area (Å²) < 4.78 is 14.7. The van der Waals surface area contributed by atoms with Gasteiger partial charge in [0, 0.05) is 6.42 Å². The van der Waals surface area contributed by atoms with Crippen LogP contribution in [0.3, 0.4) is 0 Å². The topological polar surface area (TPSA) is 123 Å². The molecule has 9 heteroatoms. The number of quaternary nitrogens is 1. The molecule has 0 rings (SSSR count). The van der Waals surface area contributed by atoms with Gasteiger partial charge in [-0.15, -0.1) is 0 Å². The quantitative estimate of drug-likeness (QED) is 0.0912. The van der Waals surface area contributed by atoms with Gasteiger partial charge in [-0.2, -0.15) is 0 Å². The molecule has 9 nitrogen and oxygen atoms in total. The van der Waals surface area contributed by atoms with Crippen LogP contribution in [0.15, 0.2) is 0 Å². The largest absolute Gasteiger partial charge is 0.463 e. The molecule has 0 aliphatic carbocycles. The Kier molecular flexibility index (Phi) is 20.7. The highest BCUT2D eigenvalue weighted by molar-refractivity contribution is 5.70. The first-order chi connectivity index (χ1) is 15.5. The Hall–Kier alpha value is -1.26. The first kappa shape index (κ1) is 30.7. The fraction of sp³-hybridized carbons (Fsp3) is 0.913. The van der Waals surface area contributed by atoms with Crippen molar-refractivity contribution in [1.29, 1.82) is 0 Å². The zero-order chi connectivity index (χ0) is 23.9. The molecule has 190 valence electrons. The van der Waals surface area contributed by atoms with Crippen LogP contribution in [0.1, 0.15) is 84.0 Å². The minimum Gasteiger partial charge on any atom is -0.463 e. The number of aliphatic hydroxyl groups excluding tert-OH is 3. The molecule has 0 atom stereocenters. The molecule has 0 heterocycles. The molecule has 0 saturated heterocycles. The Labute approximate surface area is 193 Å². The standard InChI is InChI=1S/C23H46NO8/c1-2-3-4-5-6-7-8-9-10-11-12-13-22(28)31-16-14-30-15-17-32-23(29)18-24(19-25,20-26)21-27/h25-27H,2-21H2,1H3/q+1. The van der Waals surface area contributed by atoms with E-state index < -0.39 is 30.6 Å². The number of aliphatic hydroxyl groups is 3. The molecule has 0 unspecified atom stereocenters. The van der Waals surface area contributed by atoms with E-state index in [1.54, 1.807) is 0 Å². The number of carbonyl (C=O) groups is 2. The molecule has 0 aliphatic heterocycles. The molecule has 0 aromatic carbocycles. The van der Waals surface area contributed by atoms with Crippen molar-refractivity contribution in [2.75, 3.05) is 53.2 Å². The summed E-state index contributed by atoms with van der Waals surface area (Å²) in [6.07, 6.45) is 14.0. The monoisotopic (exact) mass is 464 g/mol. The van der Waals surface area contributed by atoms with Crippen molar-refractivity contribution in [3.63, 3.8) is 0 Å². The second-order valence-electron chi connectivity index (χ2n) is 8.26. The van der Waals surface area contributed by atoms with Gasteiger partial charge >= 0.3 is 11.9 Å². The Bertz CT molecular complexity index is 449. The Balaban J connectivity index is 3.45. The smallest absolute Gasteiger partial charge is 0.362 e. The van der Waals surface area contributed by atoms with E-state index in [1.807, 2.05) is 0 Å². The number of ether oxygens (including phenoxy) is 3. The van der Waals surface area contributed by atoms with Crippen molar-refractivity contribution in [3.8, 4) is 0 Å². The highest BCUT2D eigenvalue weighted by Crippen LogP contribution is 2.12. The summed E-state index contributed by atoms with van der Waals surface area (Å²) in [7, 11) is 0. The van der Waals surface area contributed by atoms with Crippen LogP contribution in [0.25, 0.3) is 0 Å². The maximum absolute atomic E-state index is 11.7. The van der Waals surface area contributed by atoms with Crippen molar-refractivity contribution >= 4 is 11.9 Å². The number of unbranched alkanes of at least 4 members (excludes halogenated alkanes) is 10. The molecule has 0 aromatic heterocycles. The summed E-state index contributed by atoms with van der Waals surface area (Å²) in [4.78, 5) is 23.4. The predicted octanol–water partition coefficient (Wildman–Crippen LogP) is 2.46. The lowest BCUT2D eigenvalue weighted by atomic mass is 10.1. The SMILES string of the molecule is CCCCCCCCCCCCCC(=O)OCCOCCOC(=O)C[N+](CO)(CO)CO.